The highest BCUT2D eigenvalue weighted by atomic mass is 35.5. The topological polar surface area (TPSA) is 34.1 Å². The number of Topliss-reactive ketones (excluding diaryl/α,β-unsaturated/α-hetero) is 2. The molecule has 24 heavy (non-hydrogen) atoms. The molecule has 0 N–H and O–H groups in total. The van der Waals surface area contributed by atoms with E-state index in [1.54, 1.807) is 18.2 Å². The average molecular weight is 349 g/mol. The Balaban J connectivity index is 2.45. The molecule has 0 saturated heterocycles. The van der Waals surface area contributed by atoms with E-state index in [1.807, 2.05) is 0 Å². The predicted octanol–water partition coefficient (Wildman–Crippen LogP) is 5.33. The van der Waals surface area contributed by atoms with Crippen molar-refractivity contribution in [1.29, 1.82) is 0 Å². The fourth-order valence-electron chi connectivity index (χ4n) is 2.21. The lowest BCUT2D eigenvalue weighted by Gasteiger charge is -2.15. The zero-order valence-corrected chi connectivity index (χ0v) is 13.7. The Kier molecular flexibility index (Phi) is 5.62. The molecule has 2 aromatic rings. The van der Waals surface area contributed by atoms with Gasteiger partial charge in [0.25, 0.3) is 0 Å². The molecule has 0 aliphatic heterocycles. The van der Waals surface area contributed by atoms with Crippen LogP contribution in [0.1, 0.15) is 39.4 Å². The minimum atomic E-state index is -2.10. The monoisotopic (exact) mass is 348 g/mol. The van der Waals surface area contributed by atoms with Gasteiger partial charge in [0.2, 0.25) is 11.6 Å². The number of benzene rings is 2. The standard InChI is InChI=1S/C19H15ClF2O2/c1-11(2)16(21)19(24)15-10-13(20)8-9-14(15)17(22)18(23)12-6-4-3-5-7-12/h3-10,16-17H,1H2,2H3/t16-,17+/m1/s1. The smallest absolute Gasteiger partial charge is 0.201 e. The number of rotatable bonds is 6. The number of alkyl halides is 2. The van der Waals surface area contributed by atoms with Gasteiger partial charge in [0.1, 0.15) is 0 Å². The summed E-state index contributed by atoms with van der Waals surface area (Å²) in [5.74, 6) is -1.78. The van der Waals surface area contributed by atoms with E-state index in [9.17, 15) is 18.4 Å². The van der Waals surface area contributed by atoms with Gasteiger partial charge < -0.3 is 0 Å². The predicted molar refractivity (Wildman–Crippen MR) is 90.1 cm³/mol. The minimum absolute atomic E-state index is 0.00396. The fourth-order valence-corrected chi connectivity index (χ4v) is 2.39. The van der Waals surface area contributed by atoms with Gasteiger partial charge in [-0.1, -0.05) is 54.6 Å². The van der Waals surface area contributed by atoms with E-state index >= 15 is 0 Å². The van der Waals surface area contributed by atoms with Gasteiger partial charge in [0.05, 0.1) is 0 Å². The molecule has 2 rings (SSSR count). The SMILES string of the molecule is C=C(C)[C@@H](F)C(=O)c1cc(Cl)ccc1[C@H](F)C(=O)c1ccccc1. The Labute approximate surface area is 143 Å². The normalized spacial score (nSPS) is 13.2. The second-order valence-corrected chi connectivity index (χ2v) is 5.83. The van der Waals surface area contributed by atoms with Crippen molar-refractivity contribution < 1.29 is 18.4 Å². The van der Waals surface area contributed by atoms with Crippen LogP contribution in [0.2, 0.25) is 5.02 Å². The zero-order chi connectivity index (χ0) is 17.9. The van der Waals surface area contributed by atoms with Crippen molar-refractivity contribution in [3.05, 3.63) is 82.4 Å². The van der Waals surface area contributed by atoms with Gasteiger partial charge >= 0.3 is 0 Å². The highest BCUT2D eigenvalue weighted by Gasteiger charge is 2.29. The minimum Gasteiger partial charge on any atom is -0.290 e. The number of ketones is 2. The van der Waals surface area contributed by atoms with Gasteiger partial charge in [-0.25, -0.2) is 8.78 Å². The number of carbonyl (C=O) groups is 2. The van der Waals surface area contributed by atoms with E-state index in [0.717, 1.165) is 0 Å². The fraction of sp³-hybridized carbons (Fsp3) is 0.158. The Hall–Kier alpha value is -2.33. The van der Waals surface area contributed by atoms with Crippen LogP contribution in [0.3, 0.4) is 0 Å². The molecular weight excluding hydrogens is 334 g/mol. The number of halogens is 3. The first-order valence-corrected chi connectivity index (χ1v) is 7.57. The van der Waals surface area contributed by atoms with Crippen LogP contribution < -0.4 is 0 Å². The van der Waals surface area contributed by atoms with E-state index in [1.165, 1.54) is 37.3 Å². The van der Waals surface area contributed by atoms with Crippen molar-refractivity contribution in [2.75, 3.05) is 0 Å². The Morgan fingerprint density at radius 2 is 1.67 bits per heavy atom. The van der Waals surface area contributed by atoms with Gasteiger partial charge in [-0.2, -0.15) is 0 Å². The summed E-state index contributed by atoms with van der Waals surface area (Å²) >= 11 is 5.84. The molecule has 0 spiro atoms. The van der Waals surface area contributed by atoms with Crippen LogP contribution in [-0.4, -0.2) is 17.7 Å². The number of carbonyl (C=O) groups excluding carboxylic acids is 2. The van der Waals surface area contributed by atoms with Crippen molar-refractivity contribution in [2.24, 2.45) is 0 Å². The third-order valence-electron chi connectivity index (χ3n) is 3.51. The van der Waals surface area contributed by atoms with E-state index in [4.69, 9.17) is 11.6 Å². The third kappa shape index (κ3) is 3.77. The highest BCUT2D eigenvalue weighted by molar-refractivity contribution is 6.31. The van der Waals surface area contributed by atoms with E-state index in [2.05, 4.69) is 6.58 Å². The van der Waals surface area contributed by atoms with Crippen molar-refractivity contribution >= 4 is 23.2 Å². The van der Waals surface area contributed by atoms with Gasteiger partial charge in [-0.05, 0) is 24.6 Å². The van der Waals surface area contributed by atoms with E-state index < -0.39 is 23.9 Å². The van der Waals surface area contributed by atoms with Crippen molar-refractivity contribution in [3.8, 4) is 0 Å². The summed E-state index contributed by atoms with van der Waals surface area (Å²) in [6.45, 7) is 4.75. The molecule has 0 saturated carbocycles. The zero-order valence-electron chi connectivity index (χ0n) is 12.9. The number of hydrogen-bond donors (Lipinski definition) is 0. The van der Waals surface area contributed by atoms with Crippen LogP contribution in [0, 0.1) is 0 Å². The third-order valence-corrected chi connectivity index (χ3v) is 3.74. The van der Waals surface area contributed by atoms with Crippen molar-refractivity contribution in [1.82, 2.24) is 0 Å². The molecule has 2 atom stereocenters. The van der Waals surface area contributed by atoms with Gasteiger partial charge in [-0.15, -0.1) is 0 Å². The first-order valence-electron chi connectivity index (χ1n) is 7.19. The first kappa shape index (κ1) is 18.0. The van der Waals surface area contributed by atoms with Crippen LogP contribution in [0.5, 0.6) is 0 Å². The summed E-state index contributed by atoms with van der Waals surface area (Å²) in [4.78, 5) is 24.5. The summed E-state index contributed by atoms with van der Waals surface area (Å²) in [6, 6.07) is 11.6. The molecule has 5 heteroatoms. The van der Waals surface area contributed by atoms with Crippen LogP contribution in [0.25, 0.3) is 0 Å². The molecule has 2 aromatic carbocycles. The summed E-state index contributed by atoms with van der Waals surface area (Å²) in [5.41, 5.74) is -0.303. The molecule has 0 unspecified atom stereocenters. The molecule has 0 radical (unpaired) electrons. The molecule has 124 valence electrons. The molecule has 2 nitrogen and oxygen atoms in total. The van der Waals surface area contributed by atoms with Crippen molar-refractivity contribution in [3.63, 3.8) is 0 Å². The Morgan fingerprint density at radius 3 is 2.25 bits per heavy atom. The van der Waals surface area contributed by atoms with Crippen LogP contribution in [0.15, 0.2) is 60.7 Å². The molecule has 0 amide bonds. The first-order chi connectivity index (χ1) is 11.3. The number of hydrogen-bond acceptors (Lipinski definition) is 2. The van der Waals surface area contributed by atoms with Gasteiger partial charge in [0, 0.05) is 21.7 Å². The van der Waals surface area contributed by atoms with Crippen LogP contribution in [0.4, 0.5) is 8.78 Å². The van der Waals surface area contributed by atoms with Crippen LogP contribution in [-0.2, 0) is 0 Å². The molecule has 0 bridgehead atoms. The largest absolute Gasteiger partial charge is 0.290 e. The van der Waals surface area contributed by atoms with E-state index in [0.29, 0.717) is 0 Å². The summed E-state index contributed by atoms with van der Waals surface area (Å²) < 4.78 is 28.7. The second-order valence-electron chi connectivity index (χ2n) is 5.40. The van der Waals surface area contributed by atoms with Gasteiger partial charge in [-0.3, -0.25) is 9.59 Å². The number of allylic oxidation sites excluding steroid dienone is 1. The molecule has 0 fully saturated rings. The van der Waals surface area contributed by atoms with Crippen molar-refractivity contribution in [2.45, 2.75) is 19.3 Å². The quantitative estimate of drug-likeness (QED) is 0.522. The Morgan fingerprint density at radius 1 is 1.04 bits per heavy atom. The molecule has 0 aliphatic rings. The molecule has 0 aromatic heterocycles. The summed E-state index contributed by atoms with van der Waals surface area (Å²) in [6.07, 6.45) is -4.08. The molecule has 0 aliphatic carbocycles. The van der Waals surface area contributed by atoms with E-state index in [-0.39, 0.29) is 27.3 Å². The summed E-state index contributed by atoms with van der Waals surface area (Å²) in [7, 11) is 0. The lowest BCUT2D eigenvalue weighted by molar-refractivity contribution is 0.0869. The average Bonchev–Trinajstić information content (AvgIpc) is 2.59. The maximum absolute atomic E-state index is 14.7. The van der Waals surface area contributed by atoms with Crippen LogP contribution >= 0.6 is 11.6 Å². The highest BCUT2D eigenvalue weighted by Crippen LogP contribution is 2.29. The maximum Gasteiger partial charge on any atom is 0.201 e. The molecular formula is C19H15ClF2O2. The second kappa shape index (κ2) is 7.49. The Bertz CT molecular complexity index is 787. The maximum atomic E-state index is 14.7. The molecule has 0 heterocycles. The van der Waals surface area contributed by atoms with Gasteiger partial charge in [0.15, 0.2) is 12.3 Å². The summed E-state index contributed by atoms with van der Waals surface area (Å²) in [5, 5.41) is 0.148. The lowest BCUT2D eigenvalue weighted by Crippen LogP contribution is -2.20. The lowest BCUT2D eigenvalue weighted by atomic mass is 9.92.